The largest absolute Gasteiger partial charge is 0.384 e. The van der Waals surface area contributed by atoms with E-state index in [0.717, 1.165) is 5.56 Å². The average molecular weight is 190 g/mol. The van der Waals surface area contributed by atoms with Gasteiger partial charge in [0.1, 0.15) is 5.82 Å². The fraction of sp³-hybridized carbons (Fsp3) is 0.125. The molecule has 2 aromatic rings. The van der Waals surface area contributed by atoms with Crippen molar-refractivity contribution < 1.29 is 0 Å². The number of pyridine rings is 1. The van der Waals surface area contributed by atoms with Gasteiger partial charge in [-0.15, -0.1) is 5.10 Å². The summed E-state index contributed by atoms with van der Waals surface area (Å²) in [7, 11) is 1.73. The summed E-state index contributed by atoms with van der Waals surface area (Å²) in [6, 6.07) is 3.50. The third-order valence-electron chi connectivity index (χ3n) is 1.84. The van der Waals surface area contributed by atoms with Gasteiger partial charge in [0, 0.05) is 18.8 Å². The van der Waals surface area contributed by atoms with Gasteiger partial charge >= 0.3 is 0 Å². The summed E-state index contributed by atoms with van der Waals surface area (Å²) in [4.78, 5) is 8.00. The fourth-order valence-corrected chi connectivity index (χ4v) is 1.06. The maximum atomic E-state index is 5.55. The molecular weight excluding hydrogens is 180 g/mol. The standard InChI is InChI=1S/C8H10N6/c1-14-8(10)12-7(13-14)5-2-3-6(9)11-4-5/h2-4H,1H3,(H2,9,11)(H2,10,12,13). The van der Waals surface area contributed by atoms with Crippen LogP contribution in [0.2, 0.25) is 0 Å². The zero-order valence-corrected chi connectivity index (χ0v) is 7.68. The smallest absolute Gasteiger partial charge is 0.218 e. The average Bonchev–Trinajstić information content (AvgIpc) is 2.48. The second-order valence-electron chi connectivity index (χ2n) is 2.89. The summed E-state index contributed by atoms with van der Waals surface area (Å²) in [6.45, 7) is 0. The van der Waals surface area contributed by atoms with E-state index in [4.69, 9.17) is 11.5 Å². The fourth-order valence-electron chi connectivity index (χ4n) is 1.06. The van der Waals surface area contributed by atoms with Gasteiger partial charge in [-0.25, -0.2) is 9.67 Å². The Morgan fingerprint density at radius 1 is 1.29 bits per heavy atom. The second-order valence-corrected chi connectivity index (χ2v) is 2.89. The zero-order chi connectivity index (χ0) is 10.1. The molecule has 2 aromatic heterocycles. The van der Waals surface area contributed by atoms with Gasteiger partial charge in [0.05, 0.1) is 0 Å². The van der Waals surface area contributed by atoms with E-state index >= 15 is 0 Å². The van der Waals surface area contributed by atoms with Crippen LogP contribution in [0.25, 0.3) is 11.4 Å². The maximum absolute atomic E-state index is 5.55. The molecule has 2 heterocycles. The first-order valence-electron chi connectivity index (χ1n) is 4.05. The van der Waals surface area contributed by atoms with Gasteiger partial charge < -0.3 is 11.5 Å². The van der Waals surface area contributed by atoms with E-state index in [1.807, 2.05) is 0 Å². The van der Waals surface area contributed by atoms with Crippen LogP contribution in [0, 0.1) is 0 Å². The quantitative estimate of drug-likeness (QED) is 0.662. The lowest BCUT2D eigenvalue weighted by atomic mass is 10.3. The highest BCUT2D eigenvalue weighted by Gasteiger charge is 2.06. The third-order valence-corrected chi connectivity index (χ3v) is 1.84. The molecule has 4 N–H and O–H groups in total. The minimum absolute atomic E-state index is 0.372. The van der Waals surface area contributed by atoms with E-state index in [9.17, 15) is 0 Å². The van der Waals surface area contributed by atoms with Crippen LogP contribution in [-0.4, -0.2) is 19.7 Å². The molecule has 0 atom stereocenters. The molecule has 0 aliphatic rings. The van der Waals surface area contributed by atoms with E-state index in [1.165, 1.54) is 4.68 Å². The predicted octanol–water partition coefficient (Wildman–Crippen LogP) is 0.0415. The van der Waals surface area contributed by atoms with E-state index in [-0.39, 0.29) is 0 Å². The summed E-state index contributed by atoms with van der Waals surface area (Å²) < 4.78 is 1.51. The van der Waals surface area contributed by atoms with Crippen LogP contribution in [0.3, 0.4) is 0 Å². The highest BCUT2D eigenvalue weighted by molar-refractivity contribution is 5.56. The molecule has 0 spiro atoms. The number of hydrogen-bond acceptors (Lipinski definition) is 5. The van der Waals surface area contributed by atoms with Gasteiger partial charge in [-0.1, -0.05) is 0 Å². The highest BCUT2D eigenvalue weighted by Crippen LogP contribution is 2.15. The van der Waals surface area contributed by atoms with Gasteiger partial charge in [0.15, 0.2) is 5.82 Å². The number of rotatable bonds is 1. The van der Waals surface area contributed by atoms with Crippen LogP contribution in [0.1, 0.15) is 0 Å². The summed E-state index contributed by atoms with van der Waals surface area (Å²) in [5, 5.41) is 4.11. The van der Waals surface area contributed by atoms with Crippen LogP contribution in [0.4, 0.5) is 11.8 Å². The van der Waals surface area contributed by atoms with Gasteiger partial charge in [-0.2, -0.15) is 4.98 Å². The van der Waals surface area contributed by atoms with Crippen molar-refractivity contribution in [2.75, 3.05) is 11.5 Å². The normalized spacial score (nSPS) is 10.4. The van der Waals surface area contributed by atoms with Crippen molar-refractivity contribution in [3.63, 3.8) is 0 Å². The molecule has 0 aromatic carbocycles. The first-order valence-corrected chi connectivity index (χ1v) is 4.05. The number of nitrogen functional groups attached to an aromatic ring is 2. The van der Waals surface area contributed by atoms with Gasteiger partial charge in [0.25, 0.3) is 0 Å². The molecule has 0 aliphatic heterocycles. The Morgan fingerprint density at radius 2 is 2.07 bits per heavy atom. The van der Waals surface area contributed by atoms with Crippen molar-refractivity contribution in [3.05, 3.63) is 18.3 Å². The van der Waals surface area contributed by atoms with E-state index in [2.05, 4.69) is 15.1 Å². The zero-order valence-electron chi connectivity index (χ0n) is 7.68. The molecule has 0 saturated heterocycles. The Morgan fingerprint density at radius 3 is 2.57 bits per heavy atom. The summed E-state index contributed by atoms with van der Waals surface area (Å²) in [5.74, 6) is 1.40. The lowest BCUT2D eigenvalue weighted by molar-refractivity contribution is 0.781. The third kappa shape index (κ3) is 1.37. The van der Waals surface area contributed by atoms with Crippen LogP contribution in [0.5, 0.6) is 0 Å². The summed E-state index contributed by atoms with van der Waals surface area (Å²) in [6.07, 6.45) is 1.62. The topological polar surface area (TPSA) is 95.6 Å². The summed E-state index contributed by atoms with van der Waals surface area (Å²) >= 11 is 0. The second kappa shape index (κ2) is 2.99. The number of anilines is 2. The molecule has 0 unspecified atom stereocenters. The van der Waals surface area contributed by atoms with Crippen molar-refractivity contribution in [2.45, 2.75) is 0 Å². The minimum Gasteiger partial charge on any atom is -0.384 e. The monoisotopic (exact) mass is 190 g/mol. The number of aryl methyl sites for hydroxylation is 1. The lowest BCUT2D eigenvalue weighted by Gasteiger charge is -1.94. The Bertz CT molecular complexity index is 424. The number of aromatic nitrogens is 4. The van der Waals surface area contributed by atoms with Crippen molar-refractivity contribution in [1.29, 1.82) is 0 Å². The predicted molar refractivity (Wildman–Crippen MR) is 53.1 cm³/mol. The van der Waals surface area contributed by atoms with Crippen molar-refractivity contribution in [2.24, 2.45) is 7.05 Å². The maximum Gasteiger partial charge on any atom is 0.218 e. The Labute approximate surface area is 80.6 Å². The van der Waals surface area contributed by atoms with Gasteiger partial charge in [0.2, 0.25) is 5.95 Å². The number of nitrogens with two attached hydrogens (primary N) is 2. The Kier molecular flexibility index (Phi) is 1.81. The van der Waals surface area contributed by atoms with E-state index in [0.29, 0.717) is 17.6 Å². The molecule has 2 rings (SSSR count). The van der Waals surface area contributed by atoms with Gasteiger partial charge in [-0.3, -0.25) is 0 Å². The van der Waals surface area contributed by atoms with E-state index in [1.54, 1.807) is 25.4 Å². The molecule has 0 aliphatic carbocycles. The first-order chi connectivity index (χ1) is 6.66. The van der Waals surface area contributed by atoms with Crippen molar-refractivity contribution in [1.82, 2.24) is 19.7 Å². The molecule has 72 valence electrons. The van der Waals surface area contributed by atoms with Crippen molar-refractivity contribution >= 4 is 11.8 Å². The SMILES string of the molecule is Cn1nc(-c2ccc(N)nc2)nc1N. The molecule has 6 heteroatoms. The van der Waals surface area contributed by atoms with Crippen LogP contribution in [0.15, 0.2) is 18.3 Å². The highest BCUT2D eigenvalue weighted by atomic mass is 15.4. The van der Waals surface area contributed by atoms with Crippen LogP contribution >= 0.6 is 0 Å². The number of nitrogens with zero attached hydrogens (tertiary/aromatic N) is 4. The lowest BCUT2D eigenvalue weighted by Crippen LogP contribution is -1.97. The molecule has 0 fully saturated rings. The first kappa shape index (κ1) is 8.49. The molecule has 6 nitrogen and oxygen atoms in total. The Balaban J connectivity index is 2.44. The molecule has 14 heavy (non-hydrogen) atoms. The molecular formula is C8H10N6. The molecule has 0 amide bonds. The van der Waals surface area contributed by atoms with Gasteiger partial charge in [-0.05, 0) is 12.1 Å². The molecule has 0 bridgehead atoms. The van der Waals surface area contributed by atoms with E-state index < -0.39 is 0 Å². The summed E-state index contributed by atoms with van der Waals surface area (Å²) in [5.41, 5.74) is 11.8. The minimum atomic E-state index is 0.372. The Hall–Kier alpha value is -2.11. The van der Waals surface area contributed by atoms with Crippen molar-refractivity contribution in [3.8, 4) is 11.4 Å². The number of hydrogen-bond donors (Lipinski definition) is 2. The molecule has 0 radical (unpaired) electrons. The van der Waals surface area contributed by atoms with Crippen LogP contribution < -0.4 is 11.5 Å². The van der Waals surface area contributed by atoms with Crippen LogP contribution in [-0.2, 0) is 7.05 Å². The molecule has 0 saturated carbocycles.